The summed E-state index contributed by atoms with van der Waals surface area (Å²) in [5.41, 5.74) is 2.27. The smallest absolute Gasteiger partial charge is 0.339 e. The third kappa shape index (κ3) is 3.93. The molecule has 1 atom stereocenters. The van der Waals surface area contributed by atoms with Crippen molar-refractivity contribution in [2.24, 2.45) is 0 Å². The van der Waals surface area contributed by atoms with Crippen molar-refractivity contribution in [3.05, 3.63) is 65.2 Å². The summed E-state index contributed by atoms with van der Waals surface area (Å²) in [5.74, 6) is -0.863. The third-order valence-electron chi connectivity index (χ3n) is 4.16. The molecule has 0 aliphatic heterocycles. The van der Waals surface area contributed by atoms with Gasteiger partial charge in [-0.05, 0) is 25.1 Å². The lowest BCUT2D eigenvalue weighted by Crippen LogP contribution is -2.34. The average molecular weight is 383 g/mol. The van der Waals surface area contributed by atoms with Crippen LogP contribution in [-0.4, -0.2) is 42.0 Å². The second-order valence-electron chi connectivity index (χ2n) is 6.33. The second-order valence-corrected chi connectivity index (χ2v) is 6.74. The quantitative estimate of drug-likeness (QED) is 0.635. The molecule has 3 aromatic rings. The SMILES string of the molecule is C[C@@H](OC(=O)c1cc(-c2ccccc2Cl)nc2ccccc12)C(=O)N(C)C. The monoisotopic (exact) mass is 382 g/mol. The van der Waals surface area contributed by atoms with Crippen molar-refractivity contribution in [3.63, 3.8) is 0 Å². The molecule has 138 valence electrons. The number of likely N-dealkylation sites (N-methyl/N-ethyl adjacent to an activating group) is 1. The van der Waals surface area contributed by atoms with Gasteiger partial charge in [-0.2, -0.15) is 0 Å². The van der Waals surface area contributed by atoms with Crippen molar-refractivity contribution >= 4 is 34.4 Å². The van der Waals surface area contributed by atoms with Gasteiger partial charge < -0.3 is 9.64 Å². The Bertz CT molecular complexity index is 1020. The average Bonchev–Trinajstić information content (AvgIpc) is 2.66. The van der Waals surface area contributed by atoms with Crippen LogP contribution in [0.1, 0.15) is 17.3 Å². The fraction of sp³-hybridized carbons (Fsp3) is 0.190. The Labute approximate surface area is 162 Å². The predicted molar refractivity (Wildman–Crippen MR) is 106 cm³/mol. The van der Waals surface area contributed by atoms with Gasteiger partial charge in [0.2, 0.25) is 0 Å². The topological polar surface area (TPSA) is 59.5 Å². The summed E-state index contributed by atoms with van der Waals surface area (Å²) < 4.78 is 5.40. The van der Waals surface area contributed by atoms with Gasteiger partial charge in [-0.25, -0.2) is 9.78 Å². The van der Waals surface area contributed by atoms with Crippen LogP contribution in [0.25, 0.3) is 22.2 Å². The van der Waals surface area contributed by atoms with E-state index >= 15 is 0 Å². The van der Waals surface area contributed by atoms with Gasteiger partial charge in [0.15, 0.2) is 6.10 Å². The van der Waals surface area contributed by atoms with E-state index in [4.69, 9.17) is 16.3 Å². The number of esters is 1. The fourth-order valence-electron chi connectivity index (χ4n) is 2.79. The summed E-state index contributed by atoms with van der Waals surface area (Å²) in [6, 6.07) is 16.2. The molecule has 0 aliphatic carbocycles. The van der Waals surface area contributed by atoms with Crippen LogP contribution in [0.2, 0.25) is 5.02 Å². The number of hydrogen-bond acceptors (Lipinski definition) is 4. The minimum absolute atomic E-state index is 0.284. The van der Waals surface area contributed by atoms with Crippen LogP contribution in [0.4, 0.5) is 0 Å². The summed E-state index contributed by atoms with van der Waals surface area (Å²) in [5, 5.41) is 1.19. The Hall–Kier alpha value is -2.92. The molecule has 6 heteroatoms. The van der Waals surface area contributed by atoms with Gasteiger partial charge in [0, 0.05) is 30.1 Å². The first-order valence-electron chi connectivity index (χ1n) is 8.45. The van der Waals surface area contributed by atoms with E-state index in [-0.39, 0.29) is 5.91 Å². The van der Waals surface area contributed by atoms with Crippen LogP contribution in [0.15, 0.2) is 54.6 Å². The minimum atomic E-state index is -0.886. The highest BCUT2D eigenvalue weighted by Crippen LogP contribution is 2.30. The number of carbonyl (C=O) groups is 2. The number of halogens is 1. The van der Waals surface area contributed by atoms with Crippen LogP contribution in [0.3, 0.4) is 0 Å². The molecule has 0 unspecified atom stereocenters. The number of rotatable bonds is 4. The number of benzene rings is 2. The molecule has 0 bridgehead atoms. The lowest BCUT2D eigenvalue weighted by atomic mass is 10.0. The predicted octanol–water partition coefficient (Wildman–Crippen LogP) is 4.19. The van der Waals surface area contributed by atoms with E-state index in [9.17, 15) is 9.59 Å². The number of nitrogens with zero attached hydrogens (tertiary/aromatic N) is 2. The molecular formula is C21H19ClN2O3. The van der Waals surface area contributed by atoms with Crippen LogP contribution >= 0.6 is 11.6 Å². The van der Waals surface area contributed by atoms with Crippen molar-refractivity contribution in [1.82, 2.24) is 9.88 Å². The molecule has 0 saturated carbocycles. The minimum Gasteiger partial charge on any atom is -0.449 e. The first-order valence-corrected chi connectivity index (χ1v) is 8.83. The molecule has 0 fully saturated rings. The number of amides is 1. The molecule has 0 N–H and O–H groups in total. The lowest BCUT2D eigenvalue weighted by molar-refractivity contribution is -0.137. The number of hydrogen-bond donors (Lipinski definition) is 0. The van der Waals surface area contributed by atoms with Crippen molar-refractivity contribution < 1.29 is 14.3 Å². The summed E-state index contributed by atoms with van der Waals surface area (Å²) in [4.78, 5) is 30.8. The van der Waals surface area contributed by atoms with Crippen molar-refractivity contribution in [2.75, 3.05) is 14.1 Å². The third-order valence-corrected chi connectivity index (χ3v) is 4.49. The lowest BCUT2D eigenvalue weighted by Gasteiger charge is -2.18. The zero-order chi connectivity index (χ0) is 19.6. The molecule has 1 amide bonds. The molecule has 1 heterocycles. The zero-order valence-electron chi connectivity index (χ0n) is 15.3. The van der Waals surface area contributed by atoms with Gasteiger partial charge in [0.1, 0.15) is 0 Å². The van der Waals surface area contributed by atoms with Crippen molar-refractivity contribution in [1.29, 1.82) is 0 Å². The number of fused-ring (bicyclic) bond motifs is 1. The highest BCUT2D eigenvalue weighted by atomic mass is 35.5. The summed E-state index contributed by atoms with van der Waals surface area (Å²) in [7, 11) is 3.23. The number of aromatic nitrogens is 1. The van der Waals surface area contributed by atoms with E-state index < -0.39 is 12.1 Å². The summed E-state index contributed by atoms with van der Waals surface area (Å²) in [6.07, 6.45) is -0.886. The number of pyridine rings is 1. The Morgan fingerprint density at radius 2 is 1.74 bits per heavy atom. The largest absolute Gasteiger partial charge is 0.449 e. The summed E-state index contributed by atoms with van der Waals surface area (Å²) in [6.45, 7) is 1.55. The van der Waals surface area contributed by atoms with E-state index in [1.54, 1.807) is 39.2 Å². The van der Waals surface area contributed by atoms with Crippen molar-refractivity contribution in [2.45, 2.75) is 13.0 Å². The van der Waals surface area contributed by atoms with Gasteiger partial charge in [0.05, 0.1) is 16.8 Å². The number of para-hydroxylation sites is 1. The highest BCUT2D eigenvalue weighted by molar-refractivity contribution is 6.33. The molecule has 1 aromatic heterocycles. The van der Waals surface area contributed by atoms with Gasteiger partial charge in [0.25, 0.3) is 5.91 Å². The molecule has 0 saturated heterocycles. The Kier molecular flexibility index (Phi) is 5.42. The second kappa shape index (κ2) is 7.76. The molecular weight excluding hydrogens is 364 g/mol. The van der Waals surface area contributed by atoms with E-state index in [0.29, 0.717) is 27.2 Å². The van der Waals surface area contributed by atoms with Gasteiger partial charge in [-0.15, -0.1) is 0 Å². The maximum atomic E-state index is 12.8. The van der Waals surface area contributed by atoms with Crippen LogP contribution in [-0.2, 0) is 9.53 Å². The van der Waals surface area contributed by atoms with Crippen LogP contribution < -0.4 is 0 Å². The van der Waals surface area contributed by atoms with Crippen LogP contribution in [0.5, 0.6) is 0 Å². The Balaban J connectivity index is 2.07. The Morgan fingerprint density at radius 3 is 2.44 bits per heavy atom. The zero-order valence-corrected chi connectivity index (χ0v) is 16.0. The van der Waals surface area contributed by atoms with Gasteiger partial charge in [-0.3, -0.25) is 4.79 Å². The van der Waals surface area contributed by atoms with Gasteiger partial charge >= 0.3 is 5.97 Å². The fourth-order valence-corrected chi connectivity index (χ4v) is 3.02. The molecule has 27 heavy (non-hydrogen) atoms. The maximum Gasteiger partial charge on any atom is 0.339 e. The first-order chi connectivity index (χ1) is 12.9. The first kappa shape index (κ1) is 18.9. The normalized spacial score (nSPS) is 11.9. The van der Waals surface area contributed by atoms with E-state index in [0.717, 1.165) is 5.56 Å². The van der Waals surface area contributed by atoms with E-state index in [1.165, 1.54) is 4.90 Å². The van der Waals surface area contributed by atoms with Gasteiger partial charge in [-0.1, -0.05) is 48.0 Å². The Morgan fingerprint density at radius 1 is 1.07 bits per heavy atom. The molecule has 0 spiro atoms. The number of carbonyl (C=O) groups excluding carboxylic acids is 2. The van der Waals surface area contributed by atoms with E-state index in [1.807, 2.05) is 36.4 Å². The highest BCUT2D eigenvalue weighted by Gasteiger charge is 2.22. The molecule has 0 radical (unpaired) electrons. The molecule has 3 rings (SSSR count). The molecule has 5 nitrogen and oxygen atoms in total. The number of ether oxygens (including phenoxy) is 1. The van der Waals surface area contributed by atoms with Crippen LogP contribution in [0, 0.1) is 0 Å². The molecule has 0 aliphatic rings. The standard InChI is InChI=1S/C21H19ClN2O3/c1-13(20(25)24(2)3)27-21(26)16-12-19(15-9-4-6-10-17(15)22)23-18-11-7-5-8-14(16)18/h4-13H,1-3H3/t13-/m1/s1. The maximum absolute atomic E-state index is 12.8. The van der Waals surface area contributed by atoms with E-state index in [2.05, 4.69) is 4.98 Å². The summed E-state index contributed by atoms with van der Waals surface area (Å²) >= 11 is 6.30. The van der Waals surface area contributed by atoms with Crippen molar-refractivity contribution in [3.8, 4) is 11.3 Å². The molecule has 2 aromatic carbocycles.